The highest BCUT2D eigenvalue weighted by molar-refractivity contribution is 5.95. The first-order chi connectivity index (χ1) is 10.9. The summed E-state index contributed by atoms with van der Waals surface area (Å²) in [7, 11) is 0. The van der Waals surface area contributed by atoms with Gasteiger partial charge in [-0.1, -0.05) is 12.8 Å². The first-order valence-electron chi connectivity index (χ1n) is 7.65. The molecule has 0 aromatic heterocycles. The number of carbonyl (C=O) groups excluding carboxylic acids is 1. The molecule has 1 saturated carbocycles. The van der Waals surface area contributed by atoms with Gasteiger partial charge in [0.25, 0.3) is 5.91 Å². The predicted molar refractivity (Wildman–Crippen MR) is 76.1 cm³/mol. The van der Waals surface area contributed by atoms with Crippen LogP contribution in [0.1, 0.15) is 41.6 Å². The van der Waals surface area contributed by atoms with Crippen molar-refractivity contribution < 1.29 is 27.4 Å². The van der Waals surface area contributed by atoms with Crippen LogP contribution in [-0.2, 0) is 11.3 Å². The topological polar surface area (TPSA) is 38.8 Å². The minimum atomic E-state index is -4.40. The number of rotatable bonds is 3. The normalized spacial score (nSPS) is 18.4. The lowest BCUT2D eigenvalue weighted by Gasteiger charge is -2.30. The third kappa shape index (κ3) is 3.77. The number of hydrogen-bond donors (Lipinski definition) is 0. The highest BCUT2D eigenvalue weighted by Crippen LogP contribution is 2.30. The molecule has 0 atom stereocenters. The third-order valence-electron chi connectivity index (χ3n) is 4.24. The summed E-state index contributed by atoms with van der Waals surface area (Å²) in [6.07, 6.45) is -1.44. The predicted octanol–water partition coefficient (Wildman–Crippen LogP) is 3.50. The number of ether oxygens (including phenoxy) is 2. The van der Waals surface area contributed by atoms with Crippen molar-refractivity contribution in [2.45, 2.75) is 44.5 Å². The van der Waals surface area contributed by atoms with Crippen LogP contribution in [0.2, 0.25) is 0 Å². The number of halogens is 3. The lowest BCUT2D eigenvalue weighted by Crippen LogP contribution is -2.44. The Morgan fingerprint density at radius 2 is 2.00 bits per heavy atom. The second-order valence-corrected chi connectivity index (χ2v) is 5.92. The Morgan fingerprint density at radius 1 is 1.26 bits per heavy atom. The van der Waals surface area contributed by atoms with Gasteiger partial charge in [-0.2, -0.15) is 13.2 Å². The van der Waals surface area contributed by atoms with E-state index in [0.29, 0.717) is 30.8 Å². The molecule has 0 N–H and O–H groups in total. The van der Waals surface area contributed by atoms with E-state index in [1.165, 1.54) is 6.07 Å². The second-order valence-electron chi connectivity index (χ2n) is 5.92. The molecule has 4 nitrogen and oxygen atoms in total. The lowest BCUT2D eigenvalue weighted by molar-refractivity contribution is -0.144. The van der Waals surface area contributed by atoms with E-state index in [0.717, 1.165) is 17.7 Å². The molecule has 1 aromatic carbocycles. The molecule has 1 aromatic rings. The minimum absolute atomic E-state index is 0.141. The maximum absolute atomic E-state index is 12.9. The van der Waals surface area contributed by atoms with E-state index in [2.05, 4.69) is 0 Å². The van der Waals surface area contributed by atoms with Gasteiger partial charge in [0, 0.05) is 17.2 Å². The van der Waals surface area contributed by atoms with E-state index in [4.69, 9.17) is 9.47 Å². The Morgan fingerprint density at radius 3 is 2.70 bits per heavy atom. The van der Waals surface area contributed by atoms with E-state index >= 15 is 0 Å². The summed E-state index contributed by atoms with van der Waals surface area (Å²) >= 11 is 0. The smallest absolute Gasteiger partial charge is 0.406 e. The molecule has 1 fully saturated rings. The summed E-state index contributed by atoms with van der Waals surface area (Å²) in [6.45, 7) is -0.775. The third-order valence-corrected chi connectivity index (χ3v) is 4.24. The molecule has 126 valence electrons. The zero-order chi connectivity index (χ0) is 16.4. The highest BCUT2D eigenvalue weighted by atomic mass is 19.4. The van der Waals surface area contributed by atoms with Crippen LogP contribution in [0.4, 0.5) is 13.2 Å². The molecule has 0 bridgehead atoms. The number of hydrogen-bond acceptors (Lipinski definition) is 3. The number of fused-ring (bicyclic) bond motifs is 1. The molecule has 0 radical (unpaired) electrons. The van der Waals surface area contributed by atoms with Crippen LogP contribution in [0.25, 0.3) is 0 Å². The fourth-order valence-corrected chi connectivity index (χ4v) is 3.16. The summed E-state index contributed by atoms with van der Waals surface area (Å²) in [6, 6.07) is 4.36. The number of nitrogens with zero attached hydrogens (tertiary/aromatic N) is 1. The molecular weight excluding hydrogens is 311 g/mol. The van der Waals surface area contributed by atoms with E-state index in [1.807, 2.05) is 0 Å². The minimum Gasteiger partial charge on any atom is -0.467 e. The SMILES string of the molecule is O=C(c1ccc2c(c1)COCO2)N(CC(F)(F)F)C1CCCC1. The molecule has 1 aliphatic heterocycles. The van der Waals surface area contributed by atoms with E-state index in [1.54, 1.807) is 12.1 Å². The second kappa shape index (κ2) is 6.39. The van der Waals surface area contributed by atoms with Crippen molar-refractivity contribution in [3.8, 4) is 5.75 Å². The van der Waals surface area contributed by atoms with Crippen LogP contribution >= 0.6 is 0 Å². The summed E-state index contributed by atoms with van der Waals surface area (Å²) in [5.74, 6) is 0.0265. The lowest BCUT2D eigenvalue weighted by atomic mass is 10.1. The molecule has 0 saturated heterocycles. The summed E-state index contributed by atoms with van der Waals surface area (Å²) in [4.78, 5) is 13.6. The molecule has 0 unspecified atom stereocenters. The molecule has 1 amide bonds. The van der Waals surface area contributed by atoms with Crippen molar-refractivity contribution in [1.29, 1.82) is 0 Å². The largest absolute Gasteiger partial charge is 0.467 e. The number of benzene rings is 1. The molecule has 2 aliphatic rings. The maximum Gasteiger partial charge on any atom is 0.406 e. The van der Waals surface area contributed by atoms with E-state index in [9.17, 15) is 18.0 Å². The van der Waals surface area contributed by atoms with Gasteiger partial charge in [-0.3, -0.25) is 4.79 Å². The number of alkyl halides is 3. The van der Waals surface area contributed by atoms with Gasteiger partial charge in [0.15, 0.2) is 6.79 Å². The van der Waals surface area contributed by atoms with Gasteiger partial charge in [0.2, 0.25) is 0 Å². The van der Waals surface area contributed by atoms with E-state index < -0.39 is 18.6 Å². The molecule has 7 heteroatoms. The van der Waals surface area contributed by atoms with Crippen molar-refractivity contribution >= 4 is 5.91 Å². The Bertz CT molecular complexity index is 582. The van der Waals surface area contributed by atoms with Crippen molar-refractivity contribution in [3.63, 3.8) is 0 Å². The average molecular weight is 329 g/mol. The molecule has 0 spiro atoms. The number of carbonyl (C=O) groups is 1. The van der Waals surface area contributed by atoms with Crippen molar-refractivity contribution in [2.75, 3.05) is 13.3 Å². The van der Waals surface area contributed by atoms with Crippen molar-refractivity contribution in [1.82, 2.24) is 4.90 Å². The van der Waals surface area contributed by atoms with Crippen molar-refractivity contribution in [2.24, 2.45) is 0 Å². The Balaban J connectivity index is 1.84. The van der Waals surface area contributed by atoms with Crippen LogP contribution in [-0.4, -0.2) is 36.4 Å². The molecule has 23 heavy (non-hydrogen) atoms. The van der Waals surface area contributed by atoms with Crippen molar-refractivity contribution in [3.05, 3.63) is 29.3 Å². The molecule has 3 rings (SSSR count). The highest BCUT2D eigenvalue weighted by Gasteiger charge is 2.37. The van der Waals surface area contributed by atoms with Gasteiger partial charge >= 0.3 is 6.18 Å². The fourth-order valence-electron chi connectivity index (χ4n) is 3.16. The fraction of sp³-hybridized carbons (Fsp3) is 0.562. The van der Waals surface area contributed by atoms with Crippen LogP contribution in [0.3, 0.4) is 0 Å². The summed E-state index contributed by atoms with van der Waals surface area (Å²) in [5, 5.41) is 0. The van der Waals surface area contributed by atoms with Gasteiger partial charge < -0.3 is 14.4 Å². The summed E-state index contributed by atoms with van der Waals surface area (Å²) < 4.78 is 49.0. The Labute approximate surface area is 132 Å². The molecule has 1 aliphatic carbocycles. The standard InChI is InChI=1S/C16H18F3NO3/c17-16(18,19)9-20(13-3-1-2-4-13)15(21)11-5-6-14-12(7-11)8-22-10-23-14/h5-7,13H,1-4,8-10H2. The quantitative estimate of drug-likeness (QED) is 0.852. The zero-order valence-electron chi connectivity index (χ0n) is 12.6. The van der Waals surface area contributed by atoms with Gasteiger partial charge in [-0.15, -0.1) is 0 Å². The number of amides is 1. The first kappa shape index (κ1) is 16.1. The van der Waals surface area contributed by atoms with E-state index in [-0.39, 0.29) is 18.4 Å². The first-order valence-corrected chi connectivity index (χ1v) is 7.65. The average Bonchev–Trinajstić information content (AvgIpc) is 3.05. The Kier molecular flexibility index (Phi) is 4.48. The van der Waals surface area contributed by atoms with Gasteiger partial charge in [0.1, 0.15) is 12.3 Å². The maximum atomic E-state index is 12.9. The van der Waals surface area contributed by atoms with Gasteiger partial charge in [0.05, 0.1) is 6.61 Å². The monoisotopic (exact) mass is 329 g/mol. The van der Waals surface area contributed by atoms with Crippen LogP contribution in [0, 0.1) is 0 Å². The van der Waals surface area contributed by atoms with Crippen LogP contribution in [0.5, 0.6) is 5.75 Å². The van der Waals surface area contributed by atoms with Crippen LogP contribution < -0.4 is 4.74 Å². The Hall–Kier alpha value is -1.76. The van der Waals surface area contributed by atoms with Gasteiger partial charge in [-0.05, 0) is 31.0 Å². The van der Waals surface area contributed by atoms with Crippen LogP contribution in [0.15, 0.2) is 18.2 Å². The summed E-state index contributed by atoms with van der Waals surface area (Å²) in [5.41, 5.74) is 0.925. The van der Waals surface area contributed by atoms with Gasteiger partial charge in [-0.25, -0.2) is 0 Å². The molecular formula is C16H18F3NO3. The zero-order valence-corrected chi connectivity index (χ0v) is 12.6. The molecule has 1 heterocycles.